The lowest BCUT2D eigenvalue weighted by molar-refractivity contribution is -0.111. The molecular formula is C22H25N3O3. The van der Waals surface area contributed by atoms with Gasteiger partial charge in [-0.2, -0.15) is 0 Å². The molecule has 0 spiro atoms. The van der Waals surface area contributed by atoms with Crippen LogP contribution in [-0.4, -0.2) is 29.0 Å². The number of benzene rings is 1. The zero-order chi connectivity index (χ0) is 20.1. The Morgan fingerprint density at radius 1 is 1.21 bits per heavy atom. The molecule has 0 fully saturated rings. The van der Waals surface area contributed by atoms with Gasteiger partial charge in [-0.15, -0.1) is 0 Å². The lowest BCUT2D eigenvalue weighted by Gasteiger charge is -2.12. The second-order valence-electron chi connectivity index (χ2n) is 7.00. The fourth-order valence-corrected chi connectivity index (χ4v) is 2.71. The van der Waals surface area contributed by atoms with Crippen molar-refractivity contribution in [2.75, 3.05) is 19.0 Å². The molecule has 1 aromatic carbocycles. The SMILES string of the molecule is COc1cc(/C=C/C(=O)Nc2ccc3nc(C)cn3c2)ccc1OCC(C)C. The first-order chi connectivity index (χ1) is 13.4. The summed E-state index contributed by atoms with van der Waals surface area (Å²) in [5.74, 6) is 1.56. The minimum Gasteiger partial charge on any atom is -0.493 e. The van der Waals surface area contributed by atoms with Gasteiger partial charge in [-0.3, -0.25) is 4.79 Å². The number of rotatable bonds is 7. The predicted octanol–water partition coefficient (Wildman–Crippen LogP) is 4.34. The van der Waals surface area contributed by atoms with Gasteiger partial charge < -0.3 is 19.2 Å². The molecule has 0 unspecified atom stereocenters. The van der Waals surface area contributed by atoms with Crippen molar-refractivity contribution >= 4 is 23.3 Å². The van der Waals surface area contributed by atoms with Crippen LogP contribution in [0, 0.1) is 12.8 Å². The summed E-state index contributed by atoms with van der Waals surface area (Å²) in [6, 6.07) is 9.29. The maximum absolute atomic E-state index is 12.2. The number of fused-ring (bicyclic) bond motifs is 1. The first-order valence-corrected chi connectivity index (χ1v) is 9.20. The van der Waals surface area contributed by atoms with E-state index in [-0.39, 0.29) is 5.91 Å². The van der Waals surface area contributed by atoms with Crippen LogP contribution < -0.4 is 14.8 Å². The van der Waals surface area contributed by atoms with Gasteiger partial charge in [0.1, 0.15) is 5.65 Å². The molecule has 1 N–H and O–H groups in total. The van der Waals surface area contributed by atoms with Crippen LogP contribution in [0.5, 0.6) is 11.5 Å². The van der Waals surface area contributed by atoms with Crippen molar-refractivity contribution in [1.29, 1.82) is 0 Å². The van der Waals surface area contributed by atoms with E-state index < -0.39 is 0 Å². The molecule has 3 rings (SSSR count). The van der Waals surface area contributed by atoms with E-state index in [4.69, 9.17) is 9.47 Å². The van der Waals surface area contributed by atoms with Crippen molar-refractivity contribution in [2.45, 2.75) is 20.8 Å². The van der Waals surface area contributed by atoms with Crippen LogP contribution in [0.1, 0.15) is 25.1 Å². The standard InChI is InChI=1S/C22H25N3O3/c1-15(2)14-28-19-8-5-17(11-20(19)27-4)6-10-22(26)24-18-7-9-21-23-16(3)12-25(21)13-18/h5-13,15H,14H2,1-4H3,(H,24,26)/b10-6+. The van der Waals surface area contributed by atoms with Crippen LogP contribution >= 0.6 is 0 Å². The Balaban J connectivity index is 1.67. The monoisotopic (exact) mass is 379 g/mol. The third-order valence-electron chi connectivity index (χ3n) is 4.03. The van der Waals surface area contributed by atoms with Crippen molar-refractivity contribution in [3.63, 3.8) is 0 Å². The minimum absolute atomic E-state index is 0.213. The van der Waals surface area contributed by atoms with Crippen LogP contribution in [0.25, 0.3) is 11.7 Å². The lowest BCUT2D eigenvalue weighted by atomic mass is 10.2. The number of hydrogen-bond acceptors (Lipinski definition) is 4. The number of anilines is 1. The Morgan fingerprint density at radius 2 is 2.04 bits per heavy atom. The van der Waals surface area contributed by atoms with Crippen LogP contribution in [0.4, 0.5) is 5.69 Å². The van der Waals surface area contributed by atoms with Gasteiger partial charge in [0.15, 0.2) is 11.5 Å². The average molecular weight is 379 g/mol. The predicted molar refractivity (Wildman–Crippen MR) is 111 cm³/mol. The van der Waals surface area contributed by atoms with Gasteiger partial charge in [0.05, 0.1) is 25.1 Å². The van der Waals surface area contributed by atoms with Crippen LogP contribution in [0.2, 0.25) is 0 Å². The van der Waals surface area contributed by atoms with Gasteiger partial charge in [-0.05, 0) is 48.7 Å². The maximum Gasteiger partial charge on any atom is 0.248 e. The number of aromatic nitrogens is 2. The minimum atomic E-state index is -0.213. The summed E-state index contributed by atoms with van der Waals surface area (Å²) in [4.78, 5) is 16.6. The van der Waals surface area contributed by atoms with Gasteiger partial charge >= 0.3 is 0 Å². The molecule has 0 aliphatic rings. The average Bonchev–Trinajstić information content (AvgIpc) is 3.04. The van der Waals surface area contributed by atoms with Gasteiger partial charge in [-0.1, -0.05) is 19.9 Å². The number of amides is 1. The molecule has 6 heteroatoms. The first kappa shape index (κ1) is 19.5. The van der Waals surface area contributed by atoms with Gasteiger partial charge in [-0.25, -0.2) is 4.98 Å². The van der Waals surface area contributed by atoms with E-state index in [1.165, 1.54) is 6.08 Å². The second-order valence-corrected chi connectivity index (χ2v) is 7.00. The van der Waals surface area contributed by atoms with Crippen LogP contribution in [-0.2, 0) is 4.79 Å². The summed E-state index contributed by atoms with van der Waals surface area (Å²) in [5, 5.41) is 2.86. The molecule has 3 aromatic rings. The van der Waals surface area contributed by atoms with Crippen molar-refractivity contribution in [3.05, 3.63) is 60.1 Å². The molecule has 2 aromatic heterocycles. The zero-order valence-electron chi connectivity index (χ0n) is 16.6. The summed E-state index contributed by atoms with van der Waals surface area (Å²) in [5.41, 5.74) is 3.33. The molecule has 0 atom stereocenters. The molecule has 0 saturated carbocycles. The highest BCUT2D eigenvalue weighted by Crippen LogP contribution is 2.29. The molecule has 0 radical (unpaired) electrons. The quantitative estimate of drug-likeness (QED) is 0.620. The number of nitrogens with zero attached hydrogens (tertiary/aromatic N) is 2. The topological polar surface area (TPSA) is 64.9 Å². The van der Waals surface area contributed by atoms with Gasteiger partial charge in [0.2, 0.25) is 5.91 Å². The molecule has 1 amide bonds. The number of carbonyl (C=O) groups is 1. The highest BCUT2D eigenvalue weighted by Gasteiger charge is 2.07. The lowest BCUT2D eigenvalue weighted by Crippen LogP contribution is -2.08. The van der Waals surface area contributed by atoms with E-state index >= 15 is 0 Å². The second kappa shape index (κ2) is 8.61. The number of nitrogens with one attached hydrogen (secondary N) is 1. The number of methoxy groups -OCH3 is 1. The largest absolute Gasteiger partial charge is 0.493 e. The van der Waals surface area contributed by atoms with Gasteiger partial charge in [0, 0.05) is 18.5 Å². The smallest absolute Gasteiger partial charge is 0.248 e. The Morgan fingerprint density at radius 3 is 2.79 bits per heavy atom. The molecular weight excluding hydrogens is 354 g/mol. The van der Waals surface area contributed by atoms with Crippen molar-refractivity contribution in [1.82, 2.24) is 9.38 Å². The van der Waals surface area contributed by atoms with Crippen molar-refractivity contribution in [3.8, 4) is 11.5 Å². The van der Waals surface area contributed by atoms with E-state index in [1.807, 2.05) is 54.0 Å². The number of pyridine rings is 1. The number of imidazole rings is 1. The summed E-state index contributed by atoms with van der Waals surface area (Å²) >= 11 is 0. The Hall–Kier alpha value is -3.28. The molecule has 0 aliphatic heterocycles. The highest BCUT2D eigenvalue weighted by molar-refractivity contribution is 6.01. The summed E-state index contributed by atoms with van der Waals surface area (Å²) in [6.45, 7) is 6.73. The fourth-order valence-electron chi connectivity index (χ4n) is 2.71. The molecule has 146 valence electrons. The molecule has 0 bridgehead atoms. The van der Waals surface area contributed by atoms with E-state index in [0.717, 1.165) is 16.9 Å². The number of aryl methyl sites for hydroxylation is 1. The van der Waals surface area contributed by atoms with Gasteiger partial charge in [0.25, 0.3) is 0 Å². The molecule has 6 nitrogen and oxygen atoms in total. The first-order valence-electron chi connectivity index (χ1n) is 9.20. The Labute approximate surface area is 164 Å². The maximum atomic E-state index is 12.2. The molecule has 0 aliphatic carbocycles. The van der Waals surface area contributed by atoms with E-state index in [1.54, 1.807) is 13.2 Å². The van der Waals surface area contributed by atoms with E-state index in [2.05, 4.69) is 24.1 Å². The number of carbonyl (C=O) groups excluding carboxylic acids is 1. The summed E-state index contributed by atoms with van der Waals surface area (Å²) in [7, 11) is 1.60. The molecule has 28 heavy (non-hydrogen) atoms. The van der Waals surface area contributed by atoms with Crippen LogP contribution in [0.3, 0.4) is 0 Å². The highest BCUT2D eigenvalue weighted by atomic mass is 16.5. The fraction of sp³-hybridized carbons (Fsp3) is 0.273. The zero-order valence-corrected chi connectivity index (χ0v) is 16.6. The van der Waals surface area contributed by atoms with E-state index in [9.17, 15) is 4.79 Å². The molecule has 0 saturated heterocycles. The van der Waals surface area contributed by atoms with Crippen molar-refractivity contribution in [2.24, 2.45) is 5.92 Å². The Kier molecular flexibility index (Phi) is 5.99. The van der Waals surface area contributed by atoms with Crippen molar-refractivity contribution < 1.29 is 14.3 Å². The van der Waals surface area contributed by atoms with E-state index in [0.29, 0.717) is 29.7 Å². The number of ether oxygens (including phenoxy) is 2. The Bertz CT molecular complexity index is 1010. The summed E-state index contributed by atoms with van der Waals surface area (Å²) < 4.78 is 13.0. The third-order valence-corrected chi connectivity index (χ3v) is 4.03. The normalized spacial score (nSPS) is 11.3. The summed E-state index contributed by atoms with van der Waals surface area (Å²) in [6.07, 6.45) is 6.98. The van der Waals surface area contributed by atoms with Crippen LogP contribution in [0.15, 0.2) is 48.8 Å². The number of hydrogen-bond donors (Lipinski definition) is 1. The molecule has 2 heterocycles. The third kappa shape index (κ3) is 4.91.